The van der Waals surface area contributed by atoms with Crippen molar-refractivity contribution in [3.05, 3.63) is 58.5 Å². The lowest BCUT2D eigenvalue weighted by molar-refractivity contribution is -0.123. The van der Waals surface area contributed by atoms with Gasteiger partial charge in [-0.3, -0.25) is 9.69 Å². The van der Waals surface area contributed by atoms with Crippen molar-refractivity contribution >= 4 is 34.6 Å². The second-order valence-electron chi connectivity index (χ2n) is 6.92. The number of amides is 1. The number of aliphatic imine (C=N–C) groups is 1. The van der Waals surface area contributed by atoms with E-state index in [2.05, 4.69) is 0 Å². The van der Waals surface area contributed by atoms with Crippen LogP contribution in [0.1, 0.15) is 31.9 Å². The van der Waals surface area contributed by atoms with Gasteiger partial charge in [-0.25, -0.2) is 4.99 Å². The molecule has 0 spiro atoms. The first-order chi connectivity index (χ1) is 13.9. The van der Waals surface area contributed by atoms with E-state index in [1.807, 2.05) is 76.2 Å². The summed E-state index contributed by atoms with van der Waals surface area (Å²) in [5, 5.41) is 0.681. The first-order valence-electron chi connectivity index (χ1n) is 9.62. The molecule has 0 radical (unpaired) electrons. The Bertz CT molecular complexity index is 949. The fourth-order valence-electron chi connectivity index (χ4n) is 3.00. The number of aryl methyl sites for hydroxylation is 1. The zero-order chi connectivity index (χ0) is 21.0. The summed E-state index contributed by atoms with van der Waals surface area (Å²) >= 11 is 1.38. The van der Waals surface area contributed by atoms with Crippen molar-refractivity contribution < 1.29 is 14.3 Å². The van der Waals surface area contributed by atoms with Crippen LogP contribution in [0.5, 0.6) is 11.5 Å². The third-order valence-corrected chi connectivity index (χ3v) is 5.40. The van der Waals surface area contributed by atoms with Crippen LogP contribution in [0, 0.1) is 6.92 Å². The Balaban J connectivity index is 2.01. The van der Waals surface area contributed by atoms with Gasteiger partial charge in [0, 0.05) is 11.6 Å². The highest BCUT2D eigenvalue weighted by Crippen LogP contribution is 2.39. The minimum Gasteiger partial charge on any atom is -0.493 e. The molecule has 0 unspecified atom stereocenters. The lowest BCUT2D eigenvalue weighted by Gasteiger charge is -2.19. The molecular weight excluding hydrogens is 384 g/mol. The van der Waals surface area contributed by atoms with Gasteiger partial charge in [0.15, 0.2) is 16.7 Å². The molecule has 1 aliphatic heterocycles. The normalized spacial score (nSPS) is 16.9. The van der Waals surface area contributed by atoms with E-state index in [4.69, 9.17) is 14.5 Å². The Morgan fingerprint density at radius 2 is 1.90 bits per heavy atom. The van der Waals surface area contributed by atoms with Crippen LogP contribution in [-0.4, -0.2) is 35.7 Å². The Kier molecular flexibility index (Phi) is 6.64. The Morgan fingerprint density at radius 1 is 1.17 bits per heavy atom. The molecule has 152 valence electrons. The van der Waals surface area contributed by atoms with Crippen molar-refractivity contribution in [2.75, 3.05) is 13.7 Å². The second-order valence-corrected chi connectivity index (χ2v) is 7.93. The molecule has 1 fully saturated rings. The molecule has 1 heterocycles. The molecule has 1 saturated heterocycles. The van der Waals surface area contributed by atoms with Gasteiger partial charge in [0.2, 0.25) is 0 Å². The highest BCUT2D eigenvalue weighted by atomic mass is 32.2. The summed E-state index contributed by atoms with van der Waals surface area (Å²) in [4.78, 5) is 20.2. The van der Waals surface area contributed by atoms with Gasteiger partial charge in [-0.15, -0.1) is 0 Å². The molecule has 0 atom stereocenters. The summed E-state index contributed by atoms with van der Waals surface area (Å²) < 4.78 is 11.2. The largest absolute Gasteiger partial charge is 0.493 e. The zero-order valence-electron chi connectivity index (χ0n) is 17.4. The lowest BCUT2D eigenvalue weighted by Crippen LogP contribution is -2.35. The average molecular weight is 411 g/mol. The summed E-state index contributed by atoms with van der Waals surface area (Å²) in [7, 11) is 1.61. The van der Waals surface area contributed by atoms with Gasteiger partial charge in [0.05, 0.1) is 24.3 Å². The molecular formula is C23H26N2O3S. The molecule has 6 heteroatoms. The molecule has 29 heavy (non-hydrogen) atoms. The van der Waals surface area contributed by atoms with E-state index in [1.54, 1.807) is 12.0 Å². The van der Waals surface area contributed by atoms with Gasteiger partial charge in [0.25, 0.3) is 5.91 Å². The van der Waals surface area contributed by atoms with Crippen LogP contribution < -0.4 is 9.47 Å². The maximum atomic E-state index is 13.1. The van der Waals surface area contributed by atoms with Crippen molar-refractivity contribution in [1.82, 2.24) is 4.90 Å². The van der Waals surface area contributed by atoms with E-state index in [0.29, 0.717) is 28.2 Å². The fraction of sp³-hybridized carbons (Fsp3) is 0.304. The van der Waals surface area contributed by atoms with Gasteiger partial charge in [-0.1, -0.05) is 29.8 Å². The number of nitrogens with zero attached hydrogens (tertiary/aromatic N) is 2. The number of hydrogen-bond donors (Lipinski definition) is 0. The smallest absolute Gasteiger partial charge is 0.266 e. The van der Waals surface area contributed by atoms with E-state index < -0.39 is 0 Å². The van der Waals surface area contributed by atoms with E-state index in [1.165, 1.54) is 17.3 Å². The minimum absolute atomic E-state index is 0.00164. The number of thioether (sulfide) groups is 1. The maximum Gasteiger partial charge on any atom is 0.266 e. The number of carbonyl (C=O) groups excluding carboxylic acids is 1. The van der Waals surface area contributed by atoms with E-state index in [0.717, 1.165) is 11.3 Å². The quantitative estimate of drug-likeness (QED) is 0.597. The van der Waals surface area contributed by atoms with Crippen molar-refractivity contribution in [3.8, 4) is 11.5 Å². The zero-order valence-corrected chi connectivity index (χ0v) is 18.2. The molecule has 1 amide bonds. The van der Waals surface area contributed by atoms with Crippen molar-refractivity contribution in [3.63, 3.8) is 0 Å². The standard InChI is InChI=1S/C23H26N2O3S/c1-6-28-21-17(8-7-9-19(21)27-5)14-20-22(26)25(15(2)3)23(29-20)24-18-12-10-16(4)11-13-18/h7-15H,6H2,1-5H3/b20-14+,24-23?. The number of rotatable bonds is 6. The van der Waals surface area contributed by atoms with Gasteiger partial charge >= 0.3 is 0 Å². The number of methoxy groups -OCH3 is 1. The molecule has 2 aromatic rings. The van der Waals surface area contributed by atoms with Gasteiger partial charge in [-0.2, -0.15) is 0 Å². The van der Waals surface area contributed by atoms with E-state index >= 15 is 0 Å². The number of benzene rings is 2. The SMILES string of the molecule is CCOc1c(/C=C2/SC(=Nc3ccc(C)cc3)N(C(C)C)C2=O)cccc1OC. The highest BCUT2D eigenvalue weighted by Gasteiger charge is 2.35. The second kappa shape index (κ2) is 9.18. The van der Waals surface area contributed by atoms with Crippen LogP contribution in [0.2, 0.25) is 0 Å². The summed E-state index contributed by atoms with van der Waals surface area (Å²) in [6, 6.07) is 13.6. The average Bonchev–Trinajstić information content (AvgIpc) is 3.00. The molecule has 0 saturated carbocycles. The first-order valence-corrected chi connectivity index (χ1v) is 10.4. The Morgan fingerprint density at radius 3 is 2.52 bits per heavy atom. The molecule has 2 aromatic carbocycles. The number of ether oxygens (including phenoxy) is 2. The molecule has 1 aliphatic rings. The maximum absolute atomic E-state index is 13.1. The number of amidine groups is 1. The Hall–Kier alpha value is -2.73. The molecule has 5 nitrogen and oxygen atoms in total. The van der Waals surface area contributed by atoms with Crippen molar-refractivity contribution in [2.45, 2.75) is 33.7 Å². The summed E-state index contributed by atoms with van der Waals surface area (Å²) in [5.74, 6) is 1.23. The van der Waals surface area contributed by atoms with Gasteiger partial charge in [0.1, 0.15) is 0 Å². The lowest BCUT2D eigenvalue weighted by atomic mass is 10.1. The summed E-state index contributed by atoms with van der Waals surface area (Å²) in [6.45, 7) is 8.45. The summed E-state index contributed by atoms with van der Waals surface area (Å²) in [6.07, 6.45) is 1.85. The number of hydrogen-bond acceptors (Lipinski definition) is 5. The van der Waals surface area contributed by atoms with Crippen LogP contribution in [-0.2, 0) is 4.79 Å². The highest BCUT2D eigenvalue weighted by molar-refractivity contribution is 8.18. The minimum atomic E-state index is -0.0545. The molecule has 0 aromatic heterocycles. The van der Waals surface area contributed by atoms with Crippen LogP contribution in [0.4, 0.5) is 5.69 Å². The molecule has 0 N–H and O–H groups in total. The third kappa shape index (κ3) is 4.65. The Labute approximate surface area is 176 Å². The molecule has 0 aliphatic carbocycles. The van der Waals surface area contributed by atoms with Gasteiger partial charge < -0.3 is 9.47 Å². The number of carbonyl (C=O) groups is 1. The van der Waals surface area contributed by atoms with Crippen molar-refractivity contribution in [2.24, 2.45) is 4.99 Å². The molecule has 3 rings (SSSR count). The van der Waals surface area contributed by atoms with E-state index in [-0.39, 0.29) is 11.9 Å². The molecule has 0 bridgehead atoms. The van der Waals surface area contributed by atoms with Crippen LogP contribution in [0.25, 0.3) is 6.08 Å². The predicted octanol–water partition coefficient (Wildman–Crippen LogP) is 5.41. The predicted molar refractivity (Wildman–Crippen MR) is 120 cm³/mol. The van der Waals surface area contributed by atoms with E-state index in [9.17, 15) is 4.79 Å². The monoisotopic (exact) mass is 410 g/mol. The van der Waals surface area contributed by atoms with Crippen LogP contribution in [0.15, 0.2) is 52.4 Å². The van der Waals surface area contributed by atoms with Crippen LogP contribution >= 0.6 is 11.8 Å². The first kappa shape index (κ1) is 21.0. The fourth-order valence-corrected chi connectivity index (χ4v) is 4.11. The third-order valence-electron chi connectivity index (χ3n) is 4.42. The van der Waals surface area contributed by atoms with Crippen LogP contribution in [0.3, 0.4) is 0 Å². The van der Waals surface area contributed by atoms with Gasteiger partial charge in [-0.05, 0) is 63.7 Å². The topological polar surface area (TPSA) is 51.1 Å². The summed E-state index contributed by atoms with van der Waals surface area (Å²) in [5.41, 5.74) is 2.81. The van der Waals surface area contributed by atoms with Crippen molar-refractivity contribution in [1.29, 1.82) is 0 Å². The number of para-hydroxylation sites is 1.